The summed E-state index contributed by atoms with van der Waals surface area (Å²) in [7, 11) is 0. The number of benzene rings is 1. The molecule has 0 bridgehead atoms. The van der Waals surface area contributed by atoms with E-state index in [9.17, 15) is 5.11 Å². The van der Waals surface area contributed by atoms with Crippen LogP contribution >= 0.6 is 0 Å². The van der Waals surface area contributed by atoms with Crippen LogP contribution in [-0.2, 0) is 6.54 Å². The molecule has 74 valence electrons. The molecule has 1 rings (SSSR count). The second kappa shape index (κ2) is 5.24. The Morgan fingerprint density at radius 1 is 1.36 bits per heavy atom. The van der Waals surface area contributed by atoms with Gasteiger partial charge in [0.05, 0.1) is 13.2 Å². The highest BCUT2D eigenvalue weighted by Crippen LogP contribution is 2.13. The molecular weight excluding hydrogens is 182 g/mol. The molecule has 5 heteroatoms. The third-order valence-electron chi connectivity index (χ3n) is 1.85. The number of hydrogen-bond donors (Lipinski definition) is 2. The van der Waals surface area contributed by atoms with Crippen LogP contribution in [0.5, 0.6) is 0 Å². The molecule has 5 nitrogen and oxygen atoms in total. The summed E-state index contributed by atoms with van der Waals surface area (Å²) in [4.78, 5) is 2.64. The number of aliphatic hydroxyl groups is 2. The van der Waals surface area contributed by atoms with Crippen molar-refractivity contribution in [2.24, 2.45) is 5.11 Å². The van der Waals surface area contributed by atoms with E-state index in [1.165, 1.54) is 0 Å². The summed E-state index contributed by atoms with van der Waals surface area (Å²) in [6.07, 6.45) is -0.844. The summed E-state index contributed by atoms with van der Waals surface area (Å²) >= 11 is 0. The smallest absolute Gasteiger partial charge is 0.102 e. The van der Waals surface area contributed by atoms with Gasteiger partial charge in [-0.2, -0.15) is 0 Å². The molecular formula is C9H11N3O2. The Labute approximate surface area is 81.2 Å². The van der Waals surface area contributed by atoms with Crippen molar-refractivity contribution in [1.82, 2.24) is 0 Å². The summed E-state index contributed by atoms with van der Waals surface area (Å²) in [5.41, 5.74) is 9.62. The van der Waals surface area contributed by atoms with E-state index in [2.05, 4.69) is 10.0 Å². The zero-order valence-corrected chi connectivity index (χ0v) is 7.54. The molecule has 0 spiro atoms. The van der Waals surface area contributed by atoms with Gasteiger partial charge in [-0.25, -0.2) is 0 Å². The fraction of sp³-hybridized carbons (Fsp3) is 0.333. The van der Waals surface area contributed by atoms with Crippen LogP contribution in [0.3, 0.4) is 0 Å². The second-order valence-corrected chi connectivity index (χ2v) is 2.83. The van der Waals surface area contributed by atoms with Crippen molar-refractivity contribution in [2.75, 3.05) is 6.61 Å². The minimum atomic E-state index is -0.844. The van der Waals surface area contributed by atoms with Crippen LogP contribution in [0.4, 0.5) is 0 Å². The van der Waals surface area contributed by atoms with Gasteiger partial charge < -0.3 is 10.2 Å². The number of nitrogens with zero attached hydrogens (tertiary/aromatic N) is 3. The Morgan fingerprint density at radius 3 is 2.50 bits per heavy atom. The van der Waals surface area contributed by atoms with E-state index in [0.717, 1.165) is 5.56 Å². The molecule has 0 aliphatic rings. The van der Waals surface area contributed by atoms with Crippen LogP contribution in [0.25, 0.3) is 10.4 Å². The third kappa shape index (κ3) is 2.74. The van der Waals surface area contributed by atoms with Gasteiger partial charge in [-0.3, -0.25) is 0 Å². The normalized spacial score (nSPS) is 11.9. The standard InChI is InChI=1S/C9H11N3O2/c10-12-11-5-7-1-3-8(4-2-7)9(14)6-13/h1-4,9,13-14H,5-6H2. The van der Waals surface area contributed by atoms with Crippen molar-refractivity contribution in [2.45, 2.75) is 12.6 Å². The topological polar surface area (TPSA) is 89.2 Å². The summed E-state index contributed by atoms with van der Waals surface area (Å²) < 4.78 is 0. The van der Waals surface area contributed by atoms with Gasteiger partial charge in [0.2, 0.25) is 0 Å². The molecule has 0 fully saturated rings. The number of aliphatic hydroxyl groups excluding tert-OH is 2. The van der Waals surface area contributed by atoms with E-state index in [1.807, 2.05) is 0 Å². The lowest BCUT2D eigenvalue weighted by Gasteiger charge is -2.07. The molecule has 0 aliphatic carbocycles. The van der Waals surface area contributed by atoms with Crippen LogP contribution < -0.4 is 0 Å². The Hall–Kier alpha value is -1.55. The van der Waals surface area contributed by atoms with Crippen LogP contribution in [-0.4, -0.2) is 16.8 Å². The molecule has 1 aromatic carbocycles. The van der Waals surface area contributed by atoms with Crippen molar-refractivity contribution in [1.29, 1.82) is 0 Å². The van der Waals surface area contributed by atoms with Gasteiger partial charge in [0.25, 0.3) is 0 Å². The minimum absolute atomic E-state index is 0.296. The zero-order chi connectivity index (χ0) is 10.4. The predicted molar refractivity (Wildman–Crippen MR) is 51.3 cm³/mol. The largest absolute Gasteiger partial charge is 0.393 e. The fourth-order valence-electron chi connectivity index (χ4n) is 1.06. The molecule has 0 heterocycles. The molecule has 0 saturated heterocycles. The maximum absolute atomic E-state index is 9.26. The second-order valence-electron chi connectivity index (χ2n) is 2.83. The van der Waals surface area contributed by atoms with Crippen molar-refractivity contribution in [3.05, 3.63) is 45.8 Å². The molecule has 1 unspecified atom stereocenters. The molecule has 0 amide bonds. The van der Waals surface area contributed by atoms with E-state index in [4.69, 9.17) is 10.6 Å². The Balaban J connectivity index is 2.72. The van der Waals surface area contributed by atoms with Gasteiger partial charge in [-0.1, -0.05) is 29.4 Å². The third-order valence-corrected chi connectivity index (χ3v) is 1.85. The summed E-state index contributed by atoms with van der Waals surface area (Å²) in [5.74, 6) is 0. The van der Waals surface area contributed by atoms with E-state index in [1.54, 1.807) is 24.3 Å². The molecule has 0 aliphatic heterocycles. The number of rotatable bonds is 4. The zero-order valence-electron chi connectivity index (χ0n) is 7.54. The Kier molecular flexibility index (Phi) is 3.94. The molecule has 1 aromatic rings. The molecule has 1 atom stereocenters. The molecule has 14 heavy (non-hydrogen) atoms. The van der Waals surface area contributed by atoms with Gasteiger partial charge >= 0.3 is 0 Å². The Morgan fingerprint density at radius 2 is 2.00 bits per heavy atom. The van der Waals surface area contributed by atoms with Crippen molar-refractivity contribution in [3.8, 4) is 0 Å². The van der Waals surface area contributed by atoms with Crippen molar-refractivity contribution < 1.29 is 10.2 Å². The first-order chi connectivity index (χ1) is 6.77. The van der Waals surface area contributed by atoms with Crippen molar-refractivity contribution in [3.63, 3.8) is 0 Å². The quantitative estimate of drug-likeness (QED) is 0.431. The maximum Gasteiger partial charge on any atom is 0.102 e. The van der Waals surface area contributed by atoms with Gasteiger partial charge in [-0.15, -0.1) is 0 Å². The highest BCUT2D eigenvalue weighted by Gasteiger charge is 2.04. The van der Waals surface area contributed by atoms with E-state index < -0.39 is 6.10 Å². The average Bonchev–Trinajstić information content (AvgIpc) is 2.26. The van der Waals surface area contributed by atoms with Gasteiger partial charge in [0.15, 0.2) is 0 Å². The summed E-state index contributed by atoms with van der Waals surface area (Å²) in [6.45, 7) is 0.00168. The first kappa shape index (κ1) is 10.5. The summed E-state index contributed by atoms with van der Waals surface area (Å²) in [5, 5.41) is 21.4. The molecule has 0 aromatic heterocycles. The predicted octanol–water partition coefficient (Wildman–Crippen LogP) is 1.52. The summed E-state index contributed by atoms with van der Waals surface area (Å²) in [6, 6.07) is 6.90. The van der Waals surface area contributed by atoms with Crippen LogP contribution in [0, 0.1) is 0 Å². The van der Waals surface area contributed by atoms with Gasteiger partial charge in [0, 0.05) is 4.91 Å². The molecule has 0 saturated carbocycles. The SMILES string of the molecule is [N-]=[N+]=NCc1ccc(C(O)CO)cc1. The highest BCUT2D eigenvalue weighted by atomic mass is 16.3. The molecule has 0 radical (unpaired) electrons. The lowest BCUT2D eigenvalue weighted by Crippen LogP contribution is -2.01. The van der Waals surface area contributed by atoms with Gasteiger partial charge in [-0.05, 0) is 16.7 Å². The monoisotopic (exact) mass is 193 g/mol. The van der Waals surface area contributed by atoms with Gasteiger partial charge in [0.1, 0.15) is 6.10 Å². The molecule has 2 N–H and O–H groups in total. The lowest BCUT2D eigenvalue weighted by molar-refractivity contribution is 0.0956. The van der Waals surface area contributed by atoms with E-state index in [-0.39, 0.29) is 6.61 Å². The number of azide groups is 1. The van der Waals surface area contributed by atoms with Crippen LogP contribution in [0.2, 0.25) is 0 Å². The maximum atomic E-state index is 9.26. The Bertz CT molecular complexity index is 330. The first-order valence-corrected chi connectivity index (χ1v) is 4.16. The minimum Gasteiger partial charge on any atom is -0.393 e. The number of hydrogen-bond acceptors (Lipinski definition) is 3. The lowest BCUT2D eigenvalue weighted by atomic mass is 10.1. The highest BCUT2D eigenvalue weighted by molar-refractivity contribution is 5.24. The first-order valence-electron chi connectivity index (χ1n) is 4.16. The van der Waals surface area contributed by atoms with Crippen molar-refractivity contribution >= 4 is 0 Å². The van der Waals surface area contributed by atoms with E-state index in [0.29, 0.717) is 12.1 Å². The fourth-order valence-corrected chi connectivity index (χ4v) is 1.06. The van der Waals surface area contributed by atoms with Crippen LogP contribution in [0.1, 0.15) is 17.2 Å². The average molecular weight is 193 g/mol. The van der Waals surface area contributed by atoms with Crippen LogP contribution in [0.15, 0.2) is 29.4 Å². The van der Waals surface area contributed by atoms with E-state index >= 15 is 0 Å².